The number of nitrogens with zero attached hydrogens (tertiary/aromatic N) is 3. The average molecular weight is 638 g/mol. The molecule has 0 unspecified atom stereocenters. The molecule has 10 rings (SSSR count). The van der Waals surface area contributed by atoms with Crippen molar-refractivity contribution < 1.29 is 0 Å². The summed E-state index contributed by atoms with van der Waals surface area (Å²) in [5, 5.41) is 4.97. The van der Waals surface area contributed by atoms with Gasteiger partial charge in [-0.15, -0.1) is 0 Å². The zero-order valence-electron chi connectivity index (χ0n) is 27.2. The third-order valence-corrected chi connectivity index (χ3v) is 9.95. The van der Waals surface area contributed by atoms with Crippen LogP contribution >= 0.6 is 0 Å². The minimum absolute atomic E-state index is 0.945. The average Bonchev–Trinajstić information content (AvgIpc) is 3.71. The topological polar surface area (TPSA) is 22.8 Å². The van der Waals surface area contributed by atoms with Gasteiger partial charge in [0.1, 0.15) is 0 Å². The summed E-state index contributed by atoms with van der Waals surface area (Å²) < 4.78 is 4.85. The van der Waals surface area contributed by atoms with E-state index >= 15 is 0 Å². The third-order valence-electron chi connectivity index (χ3n) is 9.95. The van der Waals surface area contributed by atoms with Gasteiger partial charge < -0.3 is 9.13 Å². The molecule has 7 aromatic carbocycles. The van der Waals surface area contributed by atoms with Crippen molar-refractivity contribution >= 4 is 43.6 Å². The summed E-state index contributed by atoms with van der Waals surface area (Å²) in [6.07, 6.45) is 2.04. The van der Waals surface area contributed by atoms with Crippen LogP contribution in [-0.2, 0) is 0 Å². The van der Waals surface area contributed by atoms with Gasteiger partial charge in [0, 0.05) is 50.2 Å². The first kappa shape index (κ1) is 28.3. The highest BCUT2D eigenvalue weighted by Gasteiger charge is 2.19. The highest BCUT2D eigenvalue weighted by Crippen LogP contribution is 2.40. The lowest BCUT2D eigenvalue weighted by atomic mass is 9.94. The lowest BCUT2D eigenvalue weighted by Crippen LogP contribution is -2.01. The maximum absolute atomic E-state index is 5.01. The molecule has 0 aliphatic carbocycles. The van der Waals surface area contributed by atoms with Crippen molar-refractivity contribution in [3.63, 3.8) is 0 Å². The van der Waals surface area contributed by atoms with Gasteiger partial charge in [-0.2, -0.15) is 0 Å². The van der Waals surface area contributed by atoms with Gasteiger partial charge in [0.2, 0.25) is 0 Å². The van der Waals surface area contributed by atoms with Gasteiger partial charge in [-0.05, 0) is 65.2 Å². The van der Waals surface area contributed by atoms with Gasteiger partial charge >= 0.3 is 0 Å². The largest absolute Gasteiger partial charge is 0.309 e. The molecule has 10 aromatic rings. The van der Waals surface area contributed by atoms with Crippen LogP contribution in [0.4, 0.5) is 0 Å². The second-order valence-corrected chi connectivity index (χ2v) is 12.8. The lowest BCUT2D eigenvalue weighted by molar-refractivity contribution is 1.13. The van der Waals surface area contributed by atoms with Gasteiger partial charge in [-0.25, -0.2) is 0 Å². The Bertz CT molecular complexity index is 2620. The Morgan fingerprint density at radius 3 is 1.18 bits per heavy atom. The van der Waals surface area contributed by atoms with Crippen LogP contribution in [0.2, 0.25) is 0 Å². The molecule has 0 bridgehead atoms. The summed E-state index contributed by atoms with van der Waals surface area (Å²) in [4.78, 5) is 5.01. The van der Waals surface area contributed by atoms with Gasteiger partial charge in [0.15, 0.2) is 0 Å². The van der Waals surface area contributed by atoms with E-state index < -0.39 is 0 Å². The molecule has 0 radical (unpaired) electrons. The van der Waals surface area contributed by atoms with E-state index in [1.807, 2.05) is 6.20 Å². The van der Waals surface area contributed by atoms with Crippen LogP contribution in [0.25, 0.3) is 88.5 Å². The molecule has 0 fully saturated rings. The minimum atomic E-state index is 0.945. The summed E-state index contributed by atoms with van der Waals surface area (Å²) in [5.74, 6) is 0. The molecule has 0 N–H and O–H groups in total. The van der Waals surface area contributed by atoms with E-state index in [-0.39, 0.29) is 0 Å². The third kappa shape index (κ3) is 4.48. The van der Waals surface area contributed by atoms with Crippen molar-refractivity contribution in [3.05, 3.63) is 188 Å². The first-order valence-corrected chi connectivity index (χ1v) is 17.1. The van der Waals surface area contributed by atoms with Crippen LogP contribution in [0.3, 0.4) is 0 Å². The Hall–Kier alpha value is -6.71. The number of hydrogen-bond acceptors (Lipinski definition) is 1. The summed E-state index contributed by atoms with van der Waals surface area (Å²) in [5.41, 5.74) is 13.5. The van der Waals surface area contributed by atoms with Crippen molar-refractivity contribution in [1.82, 2.24) is 14.1 Å². The van der Waals surface area contributed by atoms with Gasteiger partial charge in [0.25, 0.3) is 0 Å². The van der Waals surface area contributed by atoms with E-state index in [0.717, 1.165) is 44.9 Å². The Morgan fingerprint density at radius 2 is 0.720 bits per heavy atom. The molecule has 0 saturated carbocycles. The van der Waals surface area contributed by atoms with Gasteiger partial charge in [-0.3, -0.25) is 4.98 Å². The van der Waals surface area contributed by atoms with Gasteiger partial charge in [0.05, 0.1) is 27.8 Å². The molecule has 0 aliphatic heterocycles. The Balaban J connectivity index is 1.33. The lowest BCUT2D eigenvalue weighted by Gasteiger charge is -2.18. The molecule has 0 saturated heterocycles. The van der Waals surface area contributed by atoms with E-state index in [0.29, 0.717) is 0 Å². The molecular weight excluding hydrogens is 607 g/mol. The second-order valence-electron chi connectivity index (χ2n) is 12.8. The minimum Gasteiger partial charge on any atom is -0.309 e. The van der Waals surface area contributed by atoms with Crippen molar-refractivity contribution in [2.24, 2.45) is 0 Å². The molecule has 3 heteroatoms. The zero-order valence-corrected chi connectivity index (χ0v) is 27.2. The second kappa shape index (κ2) is 11.5. The fourth-order valence-corrected chi connectivity index (χ4v) is 7.72. The van der Waals surface area contributed by atoms with E-state index in [9.17, 15) is 0 Å². The monoisotopic (exact) mass is 637 g/mol. The summed E-state index contributed by atoms with van der Waals surface area (Å²) in [6.45, 7) is 0. The Morgan fingerprint density at radius 1 is 0.320 bits per heavy atom. The molecule has 3 heterocycles. The number of benzene rings is 7. The predicted octanol–water partition coefficient (Wildman–Crippen LogP) is 12.3. The molecular formula is C47H31N3. The molecule has 234 valence electrons. The van der Waals surface area contributed by atoms with Crippen LogP contribution in [0.5, 0.6) is 0 Å². The van der Waals surface area contributed by atoms with E-state index in [4.69, 9.17) is 4.98 Å². The highest BCUT2D eigenvalue weighted by molar-refractivity contribution is 6.10. The maximum atomic E-state index is 5.01. The van der Waals surface area contributed by atoms with E-state index in [1.165, 1.54) is 43.6 Å². The zero-order chi connectivity index (χ0) is 33.0. The fraction of sp³-hybridized carbons (Fsp3) is 0. The van der Waals surface area contributed by atoms with Crippen LogP contribution < -0.4 is 0 Å². The first-order valence-electron chi connectivity index (χ1n) is 17.1. The number of aromatic nitrogens is 3. The molecule has 0 aliphatic rings. The molecule has 50 heavy (non-hydrogen) atoms. The standard InChI is InChI=1S/C47H31N3/c1-3-15-32(16-4-1)42-31-48-43(33-17-5-2-6-18-33)30-41(42)34-27-35(49-44-23-11-7-19-37(44)38-20-8-12-24-45(38)49)29-36(28-34)50-46-25-13-9-21-39(46)40-22-10-14-26-47(40)50/h1-31H. The maximum Gasteiger partial charge on any atom is 0.0708 e. The number of para-hydroxylation sites is 4. The normalized spacial score (nSPS) is 11.6. The highest BCUT2D eigenvalue weighted by atomic mass is 15.0. The molecule has 3 aromatic heterocycles. The van der Waals surface area contributed by atoms with Crippen molar-refractivity contribution in [1.29, 1.82) is 0 Å². The van der Waals surface area contributed by atoms with Gasteiger partial charge in [-0.1, -0.05) is 133 Å². The van der Waals surface area contributed by atoms with Crippen LogP contribution in [0.15, 0.2) is 188 Å². The van der Waals surface area contributed by atoms with Crippen molar-refractivity contribution in [2.45, 2.75) is 0 Å². The first-order chi connectivity index (χ1) is 24.8. The summed E-state index contributed by atoms with van der Waals surface area (Å²) in [6, 6.07) is 65.3. The fourth-order valence-electron chi connectivity index (χ4n) is 7.72. The summed E-state index contributed by atoms with van der Waals surface area (Å²) in [7, 11) is 0. The van der Waals surface area contributed by atoms with E-state index in [1.54, 1.807) is 0 Å². The quantitative estimate of drug-likeness (QED) is 0.184. The van der Waals surface area contributed by atoms with Crippen LogP contribution in [0, 0.1) is 0 Å². The van der Waals surface area contributed by atoms with Crippen molar-refractivity contribution in [2.75, 3.05) is 0 Å². The SMILES string of the molecule is c1ccc(-c2cc(-c3cc(-n4c5ccccc5c5ccccc54)cc(-n4c5ccccc5c5ccccc54)c3)c(-c3ccccc3)cn2)cc1. The molecule has 3 nitrogen and oxygen atoms in total. The number of rotatable bonds is 5. The van der Waals surface area contributed by atoms with E-state index in [2.05, 4.69) is 191 Å². The van der Waals surface area contributed by atoms with Crippen LogP contribution in [-0.4, -0.2) is 14.1 Å². The van der Waals surface area contributed by atoms with Crippen LogP contribution in [0.1, 0.15) is 0 Å². The number of pyridine rings is 1. The Labute approximate surface area is 290 Å². The van der Waals surface area contributed by atoms with Crippen molar-refractivity contribution in [3.8, 4) is 44.9 Å². The number of fused-ring (bicyclic) bond motifs is 6. The predicted molar refractivity (Wildman–Crippen MR) is 209 cm³/mol. The molecule has 0 amide bonds. The Kier molecular flexibility index (Phi) is 6.49. The number of hydrogen-bond donors (Lipinski definition) is 0. The summed E-state index contributed by atoms with van der Waals surface area (Å²) >= 11 is 0. The smallest absolute Gasteiger partial charge is 0.0708 e. The molecule has 0 atom stereocenters. The molecule has 0 spiro atoms.